The molecule has 1 aliphatic carbocycles. The van der Waals surface area contributed by atoms with Gasteiger partial charge in [-0.25, -0.2) is 0 Å². The molecule has 1 aliphatic rings. The van der Waals surface area contributed by atoms with Crippen LogP contribution < -0.4 is 10.6 Å². The van der Waals surface area contributed by atoms with Gasteiger partial charge in [0, 0.05) is 23.6 Å². The van der Waals surface area contributed by atoms with E-state index in [1.165, 1.54) is 0 Å². The highest BCUT2D eigenvalue weighted by Crippen LogP contribution is 2.12. The second kappa shape index (κ2) is 9.98. The van der Waals surface area contributed by atoms with Crippen LogP contribution in [0, 0.1) is 0 Å². The van der Waals surface area contributed by atoms with Crippen molar-refractivity contribution in [3.8, 4) is 0 Å². The number of nitrogens with one attached hydrogen (secondary N) is 2. The molecule has 0 aromatic heterocycles. The Balaban J connectivity index is 1.56. The third-order valence-electron chi connectivity index (χ3n) is 3.79. The highest BCUT2D eigenvalue weighted by molar-refractivity contribution is 7.80. The minimum absolute atomic E-state index is 0.0563. The van der Waals surface area contributed by atoms with Gasteiger partial charge in [0.25, 0.3) is 5.91 Å². The van der Waals surface area contributed by atoms with Gasteiger partial charge in [0.05, 0.1) is 5.56 Å². The monoisotopic (exact) mass is 344 g/mol. The molecule has 4 nitrogen and oxygen atoms in total. The van der Waals surface area contributed by atoms with Gasteiger partial charge in [-0.05, 0) is 43.9 Å². The zero-order valence-corrected chi connectivity index (χ0v) is 14.6. The van der Waals surface area contributed by atoms with Crippen LogP contribution in [0.5, 0.6) is 0 Å². The number of hydrogen-bond acceptors (Lipinski definition) is 3. The van der Waals surface area contributed by atoms with Crippen molar-refractivity contribution in [1.29, 1.82) is 0 Å². The van der Waals surface area contributed by atoms with Crippen molar-refractivity contribution in [1.82, 2.24) is 10.6 Å². The molecule has 2 rings (SSSR count). The van der Waals surface area contributed by atoms with E-state index in [9.17, 15) is 9.59 Å². The van der Waals surface area contributed by atoms with Gasteiger partial charge in [-0.3, -0.25) is 9.59 Å². The largest absolute Gasteiger partial charge is 0.352 e. The molecule has 0 radical (unpaired) electrons. The summed E-state index contributed by atoms with van der Waals surface area (Å²) in [5.74, 6) is -0.0461. The minimum atomic E-state index is -0.102. The summed E-state index contributed by atoms with van der Waals surface area (Å²) in [4.78, 5) is 24.5. The Morgan fingerprint density at radius 2 is 1.92 bits per heavy atom. The Hall–Kier alpha value is -2.01. The first-order valence-corrected chi connectivity index (χ1v) is 8.84. The van der Waals surface area contributed by atoms with E-state index >= 15 is 0 Å². The summed E-state index contributed by atoms with van der Waals surface area (Å²) in [6.45, 7) is 0.608. The van der Waals surface area contributed by atoms with Crippen molar-refractivity contribution < 1.29 is 9.59 Å². The zero-order valence-electron chi connectivity index (χ0n) is 13.8. The predicted molar refractivity (Wildman–Crippen MR) is 99.1 cm³/mol. The molecule has 0 aliphatic heterocycles. The maximum Gasteiger partial charge on any atom is 0.252 e. The normalized spacial score (nSPS) is 13.3. The summed E-state index contributed by atoms with van der Waals surface area (Å²) < 4.78 is 0. The fraction of sp³-hybridized carbons (Fsp3) is 0.368. The highest BCUT2D eigenvalue weighted by Gasteiger charge is 2.08. The molecule has 2 amide bonds. The molecule has 2 N–H and O–H groups in total. The quantitative estimate of drug-likeness (QED) is 0.498. The fourth-order valence-electron chi connectivity index (χ4n) is 2.48. The molecule has 0 saturated carbocycles. The Morgan fingerprint density at radius 1 is 1.08 bits per heavy atom. The van der Waals surface area contributed by atoms with Gasteiger partial charge in [-0.2, -0.15) is 0 Å². The summed E-state index contributed by atoms with van der Waals surface area (Å²) in [6.07, 6.45) is 11.2. The Labute approximate surface area is 148 Å². The van der Waals surface area contributed by atoms with E-state index in [2.05, 4.69) is 29.3 Å². The average Bonchev–Trinajstić information content (AvgIpc) is 2.59. The molecule has 1 aromatic rings. The lowest BCUT2D eigenvalue weighted by molar-refractivity contribution is -0.120. The Bertz CT molecular complexity index is 638. The number of thiol groups is 1. The molecule has 0 unspecified atom stereocenters. The molecule has 0 heterocycles. The standard InChI is InChI=1S/C19H24N2O2S/c22-18(21-15-9-3-1-4-10-15)13-5-2-8-14-20-19(23)16-11-6-7-12-17(16)24/h3,6-7,9-12,24H,1-2,4-5,8,13-14H2,(H,20,23)(H,21,22). The van der Waals surface area contributed by atoms with Crippen molar-refractivity contribution in [2.75, 3.05) is 6.54 Å². The highest BCUT2D eigenvalue weighted by atomic mass is 32.1. The molecule has 0 saturated heterocycles. The average molecular weight is 344 g/mol. The molecule has 0 bridgehead atoms. The molecule has 0 atom stereocenters. The van der Waals surface area contributed by atoms with Crippen LogP contribution in [0.15, 0.2) is 53.1 Å². The van der Waals surface area contributed by atoms with E-state index in [4.69, 9.17) is 0 Å². The topological polar surface area (TPSA) is 58.2 Å². The smallest absolute Gasteiger partial charge is 0.252 e. The van der Waals surface area contributed by atoms with E-state index in [0.717, 1.165) is 37.8 Å². The number of rotatable bonds is 8. The van der Waals surface area contributed by atoms with E-state index in [-0.39, 0.29) is 11.8 Å². The second-order valence-corrected chi connectivity index (χ2v) is 6.25. The summed E-state index contributed by atoms with van der Waals surface area (Å²) >= 11 is 4.28. The zero-order chi connectivity index (χ0) is 17.2. The van der Waals surface area contributed by atoms with Crippen LogP contribution in [0.4, 0.5) is 0 Å². The van der Waals surface area contributed by atoms with Crippen LogP contribution in [-0.4, -0.2) is 18.4 Å². The summed E-state index contributed by atoms with van der Waals surface area (Å²) in [6, 6.07) is 7.23. The number of benzene rings is 1. The number of allylic oxidation sites excluding steroid dienone is 3. The maximum absolute atomic E-state index is 12.0. The third-order valence-corrected chi connectivity index (χ3v) is 4.18. The van der Waals surface area contributed by atoms with Crippen LogP contribution in [-0.2, 0) is 4.79 Å². The SMILES string of the molecule is O=C(CCCCCNC(=O)c1ccccc1S)NC1=CCCC=C1. The molecular formula is C19H24N2O2S. The van der Waals surface area contributed by atoms with Crippen molar-refractivity contribution in [2.45, 2.75) is 43.4 Å². The molecule has 5 heteroatoms. The van der Waals surface area contributed by atoms with Crippen LogP contribution in [0.3, 0.4) is 0 Å². The minimum Gasteiger partial charge on any atom is -0.352 e. The van der Waals surface area contributed by atoms with Gasteiger partial charge in [0.1, 0.15) is 0 Å². The first-order chi connectivity index (χ1) is 11.7. The number of carbonyl (C=O) groups is 2. The van der Waals surface area contributed by atoms with Crippen LogP contribution in [0.25, 0.3) is 0 Å². The molecule has 0 spiro atoms. The van der Waals surface area contributed by atoms with Crippen molar-refractivity contribution in [3.63, 3.8) is 0 Å². The van der Waals surface area contributed by atoms with Gasteiger partial charge >= 0.3 is 0 Å². The van der Waals surface area contributed by atoms with E-state index in [1.54, 1.807) is 12.1 Å². The number of unbranched alkanes of at least 4 members (excludes halogenated alkanes) is 2. The summed E-state index contributed by atoms with van der Waals surface area (Å²) in [5, 5.41) is 5.80. The summed E-state index contributed by atoms with van der Waals surface area (Å²) in [7, 11) is 0. The number of amides is 2. The van der Waals surface area contributed by atoms with Crippen molar-refractivity contribution >= 4 is 24.4 Å². The van der Waals surface area contributed by atoms with Gasteiger partial charge < -0.3 is 10.6 Å². The van der Waals surface area contributed by atoms with Crippen LogP contribution in [0.2, 0.25) is 0 Å². The molecule has 1 aromatic carbocycles. The van der Waals surface area contributed by atoms with Gasteiger partial charge in [-0.15, -0.1) is 12.6 Å². The van der Waals surface area contributed by atoms with Gasteiger partial charge in [0.2, 0.25) is 5.91 Å². The lowest BCUT2D eigenvalue weighted by Gasteiger charge is -2.09. The maximum atomic E-state index is 12.0. The molecule has 0 fully saturated rings. The first-order valence-electron chi connectivity index (χ1n) is 8.39. The first kappa shape index (κ1) is 18.3. The van der Waals surface area contributed by atoms with E-state index < -0.39 is 0 Å². The second-order valence-electron chi connectivity index (χ2n) is 5.77. The Morgan fingerprint density at radius 3 is 2.67 bits per heavy atom. The van der Waals surface area contributed by atoms with Crippen molar-refractivity contribution in [2.24, 2.45) is 0 Å². The molecule has 128 valence electrons. The lowest BCUT2D eigenvalue weighted by Crippen LogP contribution is -2.25. The fourth-order valence-corrected chi connectivity index (χ4v) is 2.74. The van der Waals surface area contributed by atoms with Gasteiger partial charge in [0.15, 0.2) is 0 Å². The van der Waals surface area contributed by atoms with E-state index in [0.29, 0.717) is 23.4 Å². The lowest BCUT2D eigenvalue weighted by atomic mass is 10.1. The summed E-state index contributed by atoms with van der Waals surface area (Å²) in [5.41, 5.74) is 1.50. The van der Waals surface area contributed by atoms with Crippen molar-refractivity contribution in [3.05, 3.63) is 53.8 Å². The van der Waals surface area contributed by atoms with Crippen LogP contribution >= 0.6 is 12.6 Å². The number of hydrogen-bond donors (Lipinski definition) is 3. The van der Waals surface area contributed by atoms with Gasteiger partial charge in [-0.1, -0.05) is 30.7 Å². The third kappa shape index (κ3) is 6.24. The number of carbonyl (C=O) groups excluding carboxylic acids is 2. The molecule has 24 heavy (non-hydrogen) atoms. The van der Waals surface area contributed by atoms with Crippen LogP contribution in [0.1, 0.15) is 48.9 Å². The van der Waals surface area contributed by atoms with E-state index in [1.807, 2.05) is 24.3 Å². The molecular weight excluding hydrogens is 320 g/mol. The Kier molecular flexibility index (Phi) is 7.62. The predicted octanol–water partition coefficient (Wildman–Crippen LogP) is 3.62.